The molecule has 1 aliphatic rings. The number of aryl methyl sites for hydroxylation is 1. The van der Waals surface area contributed by atoms with Gasteiger partial charge in [-0.15, -0.1) is 0 Å². The summed E-state index contributed by atoms with van der Waals surface area (Å²) in [5.74, 6) is -0.181. The lowest BCUT2D eigenvalue weighted by Gasteiger charge is -2.21. The third kappa shape index (κ3) is 4.38. The standard InChI is InChI=1S/C18H25N3O2S/c1-11(2)19-18-21(12(3)4)17(23)15(24-18)10-16(22)20-14-9-7-6-8-13(14)5/h6-9,11-12,15H,10H2,1-5H3,(H,20,22)/t15-/m0/s1. The molecule has 0 saturated carbocycles. The number of amides is 2. The van der Waals surface area contributed by atoms with E-state index in [-0.39, 0.29) is 30.3 Å². The van der Waals surface area contributed by atoms with Crippen molar-refractivity contribution in [1.82, 2.24) is 4.90 Å². The van der Waals surface area contributed by atoms with Crippen LogP contribution >= 0.6 is 11.8 Å². The number of hydrogen-bond acceptors (Lipinski definition) is 4. The molecule has 1 fully saturated rings. The van der Waals surface area contributed by atoms with Gasteiger partial charge >= 0.3 is 0 Å². The number of rotatable bonds is 5. The molecule has 1 aromatic rings. The van der Waals surface area contributed by atoms with Crippen molar-refractivity contribution < 1.29 is 9.59 Å². The van der Waals surface area contributed by atoms with Gasteiger partial charge in [-0.05, 0) is 46.2 Å². The second kappa shape index (κ2) is 7.83. The fraction of sp³-hybridized carbons (Fsp3) is 0.500. The van der Waals surface area contributed by atoms with E-state index >= 15 is 0 Å². The lowest BCUT2D eigenvalue weighted by molar-refractivity contribution is -0.129. The van der Waals surface area contributed by atoms with Crippen LogP contribution in [0.2, 0.25) is 0 Å². The van der Waals surface area contributed by atoms with E-state index in [9.17, 15) is 9.59 Å². The van der Waals surface area contributed by atoms with Crippen molar-refractivity contribution in [3.05, 3.63) is 29.8 Å². The first-order valence-electron chi connectivity index (χ1n) is 8.22. The highest BCUT2D eigenvalue weighted by molar-refractivity contribution is 8.15. The average molecular weight is 347 g/mol. The van der Waals surface area contributed by atoms with Crippen molar-refractivity contribution in [2.45, 2.75) is 58.4 Å². The Kier molecular flexibility index (Phi) is 6.04. The van der Waals surface area contributed by atoms with Crippen molar-refractivity contribution in [1.29, 1.82) is 0 Å². The summed E-state index contributed by atoms with van der Waals surface area (Å²) in [5, 5.41) is 3.21. The maximum absolute atomic E-state index is 12.6. The quantitative estimate of drug-likeness (QED) is 0.887. The first-order chi connectivity index (χ1) is 11.3. The van der Waals surface area contributed by atoms with Crippen molar-refractivity contribution >= 4 is 34.4 Å². The molecular formula is C18H25N3O2S. The Hall–Kier alpha value is -1.82. The summed E-state index contributed by atoms with van der Waals surface area (Å²) in [5.41, 5.74) is 1.79. The molecule has 130 valence electrons. The Bertz CT molecular complexity index is 655. The zero-order valence-corrected chi connectivity index (χ0v) is 15.7. The lowest BCUT2D eigenvalue weighted by atomic mass is 10.2. The van der Waals surface area contributed by atoms with Gasteiger partial charge in [0.15, 0.2) is 5.17 Å². The van der Waals surface area contributed by atoms with Gasteiger partial charge in [0, 0.05) is 24.2 Å². The van der Waals surface area contributed by atoms with Gasteiger partial charge in [-0.3, -0.25) is 19.5 Å². The molecule has 0 bridgehead atoms. The molecule has 24 heavy (non-hydrogen) atoms. The average Bonchev–Trinajstić information content (AvgIpc) is 2.76. The zero-order chi connectivity index (χ0) is 17.9. The molecule has 1 aromatic carbocycles. The van der Waals surface area contributed by atoms with E-state index in [1.165, 1.54) is 11.8 Å². The minimum Gasteiger partial charge on any atom is -0.326 e. The molecular weight excluding hydrogens is 322 g/mol. The summed E-state index contributed by atoms with van der Waals surface area (Å²) < 4.78 is 0. The lowest BCUT2D eigenvalue weighted by Crippen LogP contribution is -2.38. The highest BCUT2D eigenvalue weighted by atomic mass is 32.2. The second-order valence-corrected chi connectivity index (χ2v) is 7.65. The Morgan fingerprint density at radius 2 is 1.96 bits per heavy atom. The van der Waals surface area contributed by atoms with Crippen LogP contribution in [-0.2, 0) is 9.59 Å². The molecule has 6 heteroatoms. The summed E-state index contributed by atoms with van der Waals surface area (Å²) in [4.78, 5) is 31.2. The molecule has 0 aromatic heterocycles. The minimum atomic E-state index is -0.408. The van der Waals surface area contributed by atoms with Gasteiger partial charge in [0.1, 0.15) is 5.25 Å². The summed E-state index contributed by atoms with van der Waals surface area (Å²) in [6.07, 6.45) is 0.151. The van der Waals surface area contributed by atoms with Gasteiger partial charge in [-0.2, -0.15) is 0 Å². The second-order valence-electron chi connectivity index (χ2n) is 6.48. The third-order valence-electron chi connectivity index (χ3n) is 3.64. The van der Waals surface area contributed by atoms with Gasteiger partial charge in [0.05, 0.1) is 0 Å². The van der Waals surface area contributed by atoms with Crippen molar-refractivity contribution in [2.24, 2.45) is 4.99 Å². The number of nitrogens with zero attached hydrogens (tertiary/aromatic N) is 2. The van der Waals surface area contributed by atoms with Gasteiger partial charge in [-0.25, -0.2) is 0 Å². The maximum atomic E-state index is 12.6. The van der Waals surface area contributed by atoms with Crippen molar-refractivity contribution in [3.63, 3.8) is 0 Å². The Morgan fingerprint density at radius 3 is 2.54 bits per heavy atom. The van der Waals surface area contributed by atoms with E-state index in [0.717, 1.165) is 16.4 Å². The number of hydrogen-bond donors (Lipinski definition) is 1. The molecule has 1 heterocycles. The molecule has 1 N–H and O–H groups in total. The van der Waals surface area contributed by atoms with Gasteiger partial charge in [0.2, 0.25) is 11.8 Å². The number of carbonyl (C=O) groups excluding carboxylic acids is 2. The van der Waals surface area contributed by atoms with Gasteiger partial charge < -0.3 is 5.32 Å². The first kappa shape index (κ1) is 18.5. The van der Waals surface area contributed by atoms with E-state index in [1.807, 2.05) is 58.9 Å². The van der Waals surface area contributed by atoms with Crippen LogP contribution in [0.15, 0.2) is 29.3 Å². The Balaban J connectivity index is 2.08. The number of para-hydroxylation sites is 1. The van der Waals surface area contributed by atoms with Crippen LogP contribution in [0.1, 0.15) is 39.7 Å². The number of carbonyl (C=O) groups is 2. The molecule has 1 aliphatic heterocycles. The number of anilines is 1. The van der Waals surface area contributed by atoms with E-state index in [2.05, 4.69) is 10.3 Å². The van der Waals surface area contributed by atoms with Crippen LogP contribution in [0.25, 0.3) is 0 Å². The van der Waals surface area contributed by atoms with Crippen LogP contribution in [0.4, 0.5) is 5.69 Å². The topological polar surface area (TPSA) is 61.8 Å². The first-order valence-corrected chi connectivity index (χ1v) is 9.10. The van der Waals surface area contributed by atoms with E-state index in [0.29, 0.717) is 0 Å². The number of thioether (sulfide) groups is 1. The molecule has 2 rings (SSSR count). The summed E-state index contributed by atoms with van der Waals surface area (Å²) in [6.45, 7) is 9.83. The number of aliphatic imine (C=N–C) groups is 1. The number of nitrogens with one attached hydrogen (secondary N) is 1. The molecule has 5 nitrogen and oxygen atoms in total. The third-order valence-corrected chi connectivity index (χ3v) is 4.81. The maximum Gasteiger partial charge on any atom is 0.242 e. The minimum absolute atomic E-state index is 0.0330. The fourth-order valence-electron chi connectivity index (χ4n) is 2.48. The van der Waals surface area contributed by atoms with Crippen LogP contribution in [-0.4, -0.2) is 39.2 Å². The number of benzene rings is 1. The smallest absolute Gasteiger partial charge is 0.242 e. The normalized spacial score (nSPS) is 19.6. The Labute approximate surface area is 147 Å². The molecule has 0 radical (unpaired) electrons. The van der Waals surface area contributed by atoms with Crippen LogP contribution < -0.4 is 5.32 Å². The van der Waals surface area contributed by atoms with Crippen molar-refractivity contribution in [3.8, 4) is 0 Å². The summed E-state index contributed by atoms with van der Waals surface area (Å²) in [6, 6.07) is 7.76. The summed E-state index contributed by atoms with van der Waals surface area (Å²) >= 11 is 1.39. The summed E-state index contributed by atoms with van der Waals surface area (Å²) in [7, 11) is 0. The predicted octanol–water partition coefficient (Wildman–Crippen LogP) is 3.44. The molecule has 0 spiro atoms. The van der Waals surface area contributed by atoms with E-state index in [1.54, 1.807) is 4.90 Å². The van der Waals surface area contributed by atoms with Crippen LogP contribution in [0.3, 0.4) is 0 Å². The van der Waals surface area contributed by atoms with Crippen LogP contribution in [0, 0.1) is 6.92 Å². The highest BCUT2D eigenvalue weighted by Gasteiger charge is 2.40. The fourth-order valence-corrected chi connectivity index (χ4v) is 3.87. The largest absolute Gasteiger partial charge is 0.326 e. The van der Waals surface area contributed by atoms with Gasteiger partial charge in [0.25, 0.3) is 0 Å². The molecule has 2 amide bonds. The molecule has 0 aliphatic carbocycles. The van der Waals surface area contributed by atoms with E-state index < -0.39 is 5.25 Å². The molecule has 1 saturated heterocycles. The molecule has 0 unspecified atom stereocenters. The van der Waals surface area contributed by atoms with Crippen LogP contribution in [0.5, 0.6) is 0 Å². The monoisotopic (exact) mass is 347 g/mol. The predicted molar refractivity (Wildman–Crippen MR) is 100 cm³/mol. The van der Waals surface area contributed by atoms with Crippen molar-refractivity contribution in [2.75, 3.05) is 5.32 Å². The zero-order valence-electron chi connectivity index (χ0n) is 14.9. The van der Waals surface area contributed by atoms with Gasteiger partial charge in [-0.1, -0.05) is 30.0 Å². The number of amidine groups is 1. The highest BCUT2D eigenvalue weighted by Crippen LogP contribution is 2.32. The Morgan fingerprint density at radius 1 is 1.29 bits per heavy atom. The SMILES string of the molecule is Cc1ccccc1NC(=O)C[C@@H]1SC(=NC(C)C)N(C(C)C)C1=O. The molecule has 1 atom stereocenters. The van der Waals surface area contributed by atoms with E-state index in [4.69, 9.17) is 0 Å².